The molecular weight excluding hydrogens is 354 g/mol. The van der Waals surface area contributed by atoms with Crippen molar-refractivity contribution in [2.24, 2.45) is 0 Å². The van der Waals surface area contributed by atoms with Crippen LogP contribution in [0.3, 0.4) is 0 Å². The molecule has 5 nitrogen and oxygen atoms in total. The molecule has 0 aliphatic heterocycles. The van der Waals surface area contributed by atoms with Crippen LogP contribution in [0.25, 0.3) is 32.3 Å². The van der Waals surface area contributed by atoms with Gasteiger partial charge in [-0.25, -0.2) is 4.79 Å². The smallest absolute Gasteiger partial charge is 0.328 e. The number of aliphatic carboxylic acids is 1. The maximum absolute atomic E-state index is 12.0. The van der Waals surface area contributed by atoms with Gasteiger partial charge in [0.2, 0.25) is 5.91 Å². The van der Waals surface area contributed by atoms with E-state index in [0.29, 0.717) is 6.42 Å². The van der Waals surface area contributed by atoms with Gasteiger partial charge in [-0.15, -0.1) is 0 Å². The second kappa shape index (κ2) is 7.44. The molecule has 0 radical (unpaired) electrons. The number of carboxylic acids is 1. The fourth-order valence-electron chi connectivity index (χ4n) is 3.91. The molecule has 0 spiro atoms. The van der Waals surface area contributed by atoms with Gasteiger partial charge in [0.15, 0.2) is 0 Å². The van der Waals surface area contributed by atoms with Crippen molar-refractivity contribution in [3.63, 3.8) is 0 Å². The first kappa shape index (κ1) is 18.2. The molecule has 1 atom stereocenters. The van der Waals surface area contributed by atoms with Crippen LogP contribution >= 0.6 is 0 Å². The highest BCUT2D eigenvalue weighted by Gasteiger charge is 2.18. The summed E-state index contributed by atoms with van der Waals surface area (Å²) < 4.78 is 0. The Hall–Kier alpha value is -3.18. The Morgan fingerprint density at radius 1 is 0.893 bits per heavy atom. The third-order valence-corrected chi connectivity index (χ3v) is 5.28. The summed E-state index contributed by atoms with van der Waals surface area (Å²) in [4.78, 5) is 22.9. The summed E-state index contributed by atoms with van der Waals surface area (Å²) in [6.07, 6.45) is 1.54. The van der Waals surface area contributed by atoms with Crippen molar-refractivity contribution in [1.29, 1.82) is 0 Å². The van der Waals surface area contributed by atoms with E-state index >= 15 is 0 Å². The monoisotopic (exact) mass is 375 g/mol. The number of hydrogen-bond donors (Lipinski definition) is 3. The highest BCUT2D eigenvalue weighted by molar-refractivity contribution is 6.23. The topological polar surface area (TPSA) is 86.6 Å². The Kier molecular flexibility index (Phi) is 4.84. The highest BCUT2D eigenvalue weighted by atomic mass is 16.4. The number of aliphatic hydroxyl groups excluding tert-OH is 1. The van der Waals surface area contributed by atoms with Crippen molar-refractivity contribution in [3.05, 3.63) is 60.2 Å². The zero-order valence-electron chi connectivity index (χ0n) is 15.3. The maximum Gasteiger partial charge on any atom is 0.328 e. The molecule has 28 heavy (non-hydrogen) atoms. The SMILES string of the molecule is O=C(CCCc1ccc2ccc3cccc4ccc1c2c34)N[C@@H](CO)C(=O)O. The van der Waals surface area contributed by atoms with Crippen molar-refractivity contribution >= 4 is 44.2 Å². The van der Waals surface area contributed by atoms with Crippen LogP contribution in [0.1, 0.15) is 18.4 Å². The second-order valence-electron chi connectivity index (χ2n) is 7.08. The third-order valence-electron chi connectivity index (χ3n) is 5.28. The van der Waals surface area contributed by atoms with E-state index in [1.54, 1.807) is 0 Å². The Bertz CT molecular complexity index is 1150. The fraction of sp³-hybridized carbons (Fsp3) is 0.217. The Labute approximate surface area is 161 Å². The average Bonchev–Trinajstić information content (AvgIpc) is 2.70. The fourth-order valence-corrected chi connectivity index (χ4v) is 3.91. The Balaban J connectivity index is 1.56. The lowest BCUT2D eigenvalue weighted by Gasteiger charge is -2.14. The predicted molar refractivity (Wildman–Crippen MR) is 110 cm³/mol. The first-order valence-electron chi connectivity index (χ1n) is 9.37. The first-order chi connectivity index (χ1) is 13.6. The highest BCUT2D eigenvalue weighted by Crippen LogP contribution is 2.36. The van der Waals surface area contributed by atoms with E-state index < -0.39 is 18.6 Å². The molecule has 0 bridgehead atoms. The van der Waals surface area contributed by atoms with Crippen LogP contribution < -0.4 is 5.32 Å². The molecule has 0 unspecified atom stereocenters. The van der Waals surface area contributed by atoms with E-state index in [9.17, 15) is 9.59 Å². The molecule has 4 aromatic carbocycles. The number of carboxylic acid groups (broad SMARTS) is 1. The van der Waals surface area contributed by atoms with Crippen molar-refractivity contribution < 1.29 is 19.8 Å². The molecule has 0 fully saturated rings. The molecule has 5 heteroatoms. The van der Waals surface area contributed by atoms with E-state index in [0.717, 1.165) is 6.42 Å². The molecule has 0 heterocycles. The number of aliphatic hydroxyl groups is 1. The van der Waals surface area contributed by atoms with Crippen LogP contribution in [0.15, 0.2) is 54.6 Å². The molecule has 1 amide bonds. The number of amides is 1. The van der Waals surface area contributed by atoms with E-state index in [1.165, 1.54) is 37.9 Å². The second-order valence-corrected chi connectivity index (χ2v) is 7.08. The molecule has 0 aliphatic carbocycles. The van der Waals surface area contributed by atoms with E-state index in [2.05, 4.69) is 59.9 Å². The number of hydrogen-bond acceptors (Lipinski definition) is 3. The zero-order valence-corrected chi connectivity index (χ0v) is 15.3. The van der Waals surface area contributed by atoms with Gasteiger partial charge in [0, 0.05) is 6.42 Å². The minimum Gasteiger partial charge on any atom is -0.480 e. The average molecular weight is 375 g/mol. The van der Waals surface area contributed by atoms with Crippen LogP contribution in [-0.2, 0) is 16.0 Å². The van der Waals surface area contributed by atoms with Crippen LogP contribution in [0.2, 0.25) is 0 Å². The van der Waals surface area contributed by atoms with Crippen molar-refractivity contribution in [3.8, 4) is 0 Å². The normalized spacial score (nSPS) is 12.6. The molecule has 0 saturated heterocycles. The van der Waals surface area contributed by atoms with Crippen molar-refractivity contribution in [1.82, 2.24) is 5.32 Å². The maximum atomic E-state index is 12.0. The molecular formula is C23H21NO4. The first-order valence-corrected chi connectivity index (χ1v) is 9.37. The molecule has 0 aliphatic rings. The molecule has 3 N–H and O–H groups in total. The molecule has 142 valence electrons. The lowest BCUT2D eigenvalue weighted by Crippen LogP contribution is -2.43. The summed E-state index contributed by atoms with van der Waals surface area (Å²) >= 11 is 0. The van der Waals surface area contributed by atoms with Gasteiger partial charge in [-0.2, -0.15) is 0 Å². The van der Waals surface area contributed by atoms with E-state index in [4.69, 9.17) is 10.2 Å². The summed E-state index contributed by atoms with van der Waals surface area (Å²) in [6.45, 7) is -0.615. The van der Waals surface area contributed by atoms with Crippen LogP contribution in [0, 0.1) is 0 Å². The largest absolute Gasteiger partial charge is 0.480 e. The standard InChI is InChI=1S/C23H21NO4/c25-13-19(23(27)28)24-20(26)6-2-3-14-7-8-17-10-9-15-4-1-5-16-11-12-18(14)22(17)21(15)16/h1,4-5,7-12,19,25H,2-3,6,13H2,(H,24,26)(H,27,28)/t19-/m0/s1. The minimum absolute atomic E-state index is 0.214. The van der Waals surface area contributed by atoms with Gasteiger partial charge < -0.3 is 15.5 Å². The summed E-state index contributed by atoms with van der Waals surface area (Å²) in [5.74, 6) is -1.60. The Morgan fingerprint density at radius 3 is 2.21 bits per heavy atom. The zero-order chi connectivity index (χ0) is 19.7. The number of rotatable bonds is 7. The Morgan fingerprint density at radius 2 is 1.54 bits per heavy atom. The minimum atomic E-state index is -1.25. The van der Waals surface area contributed by atoms with Gasteiger partial charge in [0.1, 0.15) is 6.04 Å². The summed E-state index contributed by atoms with van der Waals surface area (Å²) in [5.41, 5.74) is 1.18. The van der Waals surface area contributed by atoms with E-state index in [-0.39, 0.29) is 12.3 Å². The van der Waals surface area contributed by atoms with Gasteiger partial charge in [-0.1, -0.05) is 54.6 Å². The van der Waals surface area contributed by atoms with Gasteiger partial charge >= 0.3 is 5.97 Å². The predicted octanol–water partition coefficient (Wildman–Crippen LogP) is 3.47. The number of carbonyl (C=O) groups excluding carboxylic acids is 1. The van der Waals surface area contributed by atoms with Gasteiger partial charge in [-0.05, 0) is 50.7 Å². The van der Waals surface area contributed by atoms with E-state index in [1.807, 2.05) is 0 Å². The molecule has 0 aromatic heterocycles. The number of aryl methyl sites for hydroxylation is 1. The van der Waals surface area contributed by atoms with Crippen molar-refractivity contribution in [2.75, 3.05) is 6.61 Å². The van der Waals surface area contributed by atoms with Gasteiger partial charge in [-0.3, -0.25) is 4.79 Å². The lowest BCUT2D eigenvalue weighted by molar-refractivity contribution is -0.142. The third kappa shape index (κ3) is 3.25. The molecule has 0 saturated carbocycles. The number of carbonyl (C=O) groups is 2. The summed E-state index contributed by atoms with van der Waals surface area (Å²) in [6, 6.07) is 17.9. The number of benzene rings is 4. The van der Waals surface area contributed by atoms with Crippen molar-refractivity contribution in [2.45, 2.75) is 25.3 Å². The quantitative estimate of drug-likeness (QED) is 0.432. The number of nitrogens with one attached hydrogen (secondary N) is 1. The lowest BCUT2D eigenvalue weighted by atomic mass is 9.90. The molecule has 4 aromatic rings. The summed E-state index contributed by atoms with van der Waals surface area (Å²) in [7, 11) is 0. The van der Waals surface area contributed by atoms with Crippen LogP contribution in [-0.4, -0.2) is 34.7 Å². The summed E-state index contributed by atoms with van der Waals surface area (Å²) in [5, 5.41) is 27.6. The van der Waals surface area contributed by atoms with Gasteiger partial charge in [0.05, 0.1) is 6.61 Å². The van der Waals surface area contributed by atoms with Gasteiger partial charge in [0.25, 0.3) is 0 Å². The van der Waals surface area contributed by atoms with Crippen LogP contribution in [0.4, 0.5) is 0 Å². The van der Waals surface area contributed by atoms with Crippen LogP contribution in [0.5, 0.6) is 0 Å². The molecule has 4 rings (SSSR count).